The number of H-pyrrole nitrogens is 1. The van der Waals surface area contributed by atoms with Crippen LogP contribution in [0.2, 0.25) is 5.02 Å². The van der Waals surface area contributed by atoms with Crippen LogP contribution in [0.3, 0.4) is 0 Å². The molecule has 6 nitrogen and oxygen atoms in total. The number of nitrogens with two attached hydrogens (primary N) is 1. The van der Waals surface area contributed by atoms with Crippen molar-refractivity contribution in [3.05, 3.63) is 94.5 Å². The predicted octanol–water partition coefficient (Wildman–Crippen LogP) is 5.21. The number of hydrogen-bond donors (Lipinski definition) is 2. The number of ether oxygens (including phenoxy) is 1. The van der Waals surface area contributed by atoms with Gasteiger partial charge in [0.05, 0.1) is 22.2 Å². The zero-order chi connectivity index (χ0) is 20.7. The zero-order valence-electron chi connectivity index (χ0n) is 15.6. The topological polar surface area (TPSA) is 101 Å². The number of allylic oxidation sites excluding steroid dienone is 1. The number of nitriles is 1. The van der Waals surface area contributed by atoms with Crippen LogP contribution in [0, 0.1) is 11.3 Å². The molecule has 0 saturated heterocycles. The van der Waals surface area contributed by atoms with Crippen LogP contribution in [0.1, 0.15) is 17.2 Å². The van der Waals surface area contributed by atoms with Crippen LogP contribution in [-0.2, 0) is 0 Å². The molecule has 0 radical (unpaired) electrons. The van der Waals surface area contributed by atoms with Gasteiger partial charge in [-0.15, -0.1) is 5.10 Å². The normalized spacial score (nSPS) is 15.4. The minimum Gasteiger partial charge on any atom is -0.460 e. The van der Waals surface area contributed by atoms with E-state index >= 15 is 0 Å². The first-order valence-corrected chi connectivity index (χ1v) is 9.61. The SMILES string of the molecule is N#CC1=C(N)Oc2n[nH]c(-c3ccccc3)c2C1c1ccc(-c2ccccc2Cl)o1. The molecule has 5 rings (SSSR count). The third kappa shape index (κ3) is 2.84. The predicted molar refractivity (Wildman–Crippen MR) is 112 cm³/mol. The molecule has 4 aromatic rings. The highest BCUT2D eigenvalue weighted by atomic mass is 35.5. The molecule has 0 amide bonds. The van der Waals surface area contributed by atoms with Crippen LogP contribution in [0.25, 0.3) is 22.6 Å². The van der Waals surface area contributed by atoms with Crippen LogP contribution in [-0.4, -0.2) is 10.2 Å². The van der Waals surface area contributed by atoms with Gasteiger partial charge in [0.1, 0.15) is 23.2 Å². The average molecular weight is 415 g/mol. The molecule has 146 valence electrons. The standard InChI is InChI=1S/C23H15ClN4O2/c24-16-9-5-4-8-14(16)17-10-11-18(29-17)19-15(12-25)22(26)30-23-20(19)21(27-28-23)13-6-2-1-3-7-13/h1-11,19H,26H2,(H,27,28). The molecule has 3 heterocycles. The zero-order valence-corrected chi connectivity index (χ0v) is 16.4. The molecule has 0 fully saturated rings. The Bertz CT molecular complexity index is 1310. The van der Waals surface area contributed by atoms with Crippen molar-refractivity contribution in [3.63, 3.8) is 0 Å². The lowest BCUT2D eigenvalue weighted by atomic mass is 9.86. The molecule has 1 aliphatic rings. The van der Waals surface area contributed by atoms with Crippen molar-refractivity contribution in [2.45, 2.75) is 5.92 Å². The molecule has 1 atom stereocenters. The van der Waals surface area contributed by atoms with E-state index in [-0.39, 0.29) is 11.5 Å². The summed E-state index contributed by atoms with van der Waals surface area (Å²) in [5.74, 6) is 0.920. The van der Waals surface area contributed by atoms with E-state index < -0.39 is 5.92 Å². The van der Waals surface area contributed by atoms with Crippen molar-refractivity contribution < 1.29 is 9.15 Å². The van der Waals surface area contributed by atoms with Crippen LogP contribution < -0.4 is 10.5 Å². The smallest absolute Gasteiger partial charge is 0.244 e. The maximum absolute atomic E-state index is 9.82. The molecule has 0 spiro atoms. The maximum Gasteiger partial charge on any atom is 0.244 e. The third-order valence-electron chi connectivity index (χ3n) is 5.05. The lowest BCUT2D eigenvalue weighted by molar-refractivity contribution is 0.372. The van der Waals surface area contributed by atoms with Gasteiger partial charge in [-0.25, -0.2) is 0 Å². The van der Waals surface area contributed by atoms with E-state index in [9.17, 15) is 5.26 Å². The van der Waals surface area contributed by atoms with Crippen molar-refractivity contribution in [1.82, 2.24) is 10.2 Å². The molecular formula is C23H15ClN4O2. The van der Waals surface area contributed by atoms with Crippen molar-refractivity contribution in [3.8, 4) is 34.5 Å². The van der Waals surface area contributed by atoms with Gasteiger partial charge in [0.25, 0.3) is 0 Å². The second kappa shape index (κ2) is 7.14. The molecule has 30 heavy (non-hydrogen) atoms. The molecular weight excluding hydrogens is 400 g/mol. The highest BCUT2D eigenvalue weighted by Gasteiger charge is 2.37. The molecule has 1 unspecified atom stereocenters. The monoisotopic (exact) mass is 414 g/mol. The summed E-state index contributed by atoms with van der Waals surface area (Å²) in [6.45, 7) is 0. The van der Waals surface area contributed by atoms with Crippen LogP contribution in [0.15, 0.2) is 82.6 Å². The number of nitrogens with one attached hydrogen (secondary N) is 1. The first-order chi connectivity index (χ1) is 14.7. The Kier molecular flexibility index (Phi) is 4.31. The number of nitrogens with zero attached hydrogens (tertiary/aromatic N) is 2. The Morgan fingerprint density at radius 2 is 1.80 bits per heavy atom. The molecule has 1 aliphatic heterocycles. The molecule has 0 saturated carbocycles. The molecule has 0 bridgehead atoms. The summed E-state index contributed by atoms with van der Waals surface area (Å²) in [6.07, 6.45) is 0. The van der Waals surface area contributed by atoms with E-state index in [4.69, 9.17) is 26.5 Å². The second-order valence-corrected chi connectivity index (χ2v) is 7.20. The first kappa shape index (κ1) is 18.1. The minimum absolute atomic E-state index is 0.0109. The molecule has 0 aliphatic carbocycles. The van der Waals surface area contributed by atoms with E-state index in [1.54, 1.807) is 6.07 Å². The molecule has 2 aromatic carbocycles. The van der Waals surface area contributed by atoms with E-state index in [0.29, 0.717) is 28.0 Å². The van der Waals surface area contributed by atoms with Gasteiger partial charge in [-0.05, 0) is 29.8 Å². The van der Waals surface area contributed by atoms with Crippen LogP contribution >= 0.6 is 11.6 Å². The number of rotatable bonds is 3. The fourth-order valence-corrected chi connectivity index (χ4v) is 3.90. The summed E-state index contributed by atoms with van der Waals surface area (Å²) < 4.78 is 11.8. The average Bonchev–Trinajstić information content (AvgIpc) is 3.41. The molecule has 3 N–H and O–H groups in total. The quantitative estimate of drug-likeness (QED) is 0.479. The Morgan fingerprint density at radius 3 is 2.57 bits per heavy atom. The number of halogens is 1. The number of furan rings is 1. The number of hydrogen-bond acceptors (Lipinski definition) is 5. The van der Waals surface area contributed by atoms with E-state index in [1.165, 1.54) is 0 Å². The van der Waals surface area contributed by atoms with Crippen molar-refractivity contribution in [2.75, 3.05) is 0 Å². The summed E-state index contributed by atoms with van der Waals surface area (Å²) in [5, 5.41) is 17.7. The fraction of sp³-hybridized carbons (Fsp3) is 0.0435. The number of fused-ring (bicyclic) bond motifs is 1. The summed E-state index contributed by atoms with van der Waals surface area (Å²) >= 11 is 6.33. The third-order valence-corrected chi connectivity index (χ3v) is 5.38. The number of aromatic amines is 1. The van der Waals surface area contributed by atoms with Gasteiger partial charge < -0.3 is 14.9 Å². The van der Waals surface area contributed by atoms with Gasteiger partial charge in [0.15, 0.2) is 0 Å². The van der Waals surface area contributed by atoms with Crippen molar-refractivity contribution >= 4 is 11.6 Å². The summed E-state index contributed by atoms with van der Waals surface area (Å²) in [4.78, 5) is 0. The van der Waals surface area contributed by atoms with Gasteiger partial charge in [-0.2, -0.15) is 5.26 Å². The van der Waals surface area contributed by atoms with Gasteiger partial charge in [0.2, 0.25) is 11.8 Å². The first-order valence-electron chi connectivity index (χ1n) is 9.23. The Hall–Kier alpha value is -3.95. The second-order valence-electron chi connectivity index (χ2n) is 6.79. The van der Waals surface area contributed by atoms with Gasteiger partial charge in [-0.3, -0.25) is 5.10 Å². The van der Waals surface area contributed by atoms with Gasteiger partial charge in [0, 0.05) is 5.56 Å². The van der Waals surface area contributed by atoms with E-state index in [1.807, 2.05) is 60.7 Å². The van der Waals surface area contributed by atoms with Gasteiger partial charge in [-0.1, -0.05) is 54.1 Å². The minimum atomic E-state index is -0.566. The van der Waals surface area contributed by atoms with Gasteiger partial charge >= 0.3 is 0 Å². The summed E-state index contributed by atoms with van der Waals surface area (Å²) in [6, 6.07) is 23.0. The lowest BCUT2D eigenvalue weighted by Gasteiger charge is -2.22. The van der Waals surface area contributed by atoms with E-state index in [0.717, 1.165) is 16.8 Å². The van der Waals surface area contributed by atoms with Crippen LogP contribution in [0.4, 0.5) is 0 Å². The van der Waals surface area contributed by atoms with Crippen molar-refractivity contribution in [1.29, 1.82) is 5.26 Å². The van der Waals surface area contributed by atoms with E-state index in [2.05, 4.69) is 16.3 Å². The number of benzene rings is 2. The molecule has 2 aromatic heterocycles. The summed E-state index contributed by atoms with van der Waals surface area (Å²) in [5.41, 5.74) is 9.43. The fourth-order valence-electron chi connectivity index (χ4n) is 3.67. The highest BCUT2D eigenvalue weighted by Crippen LogP contribution is 2.46. The Labute approximate surface area is 177 Å². The maximum atomic E-state index is 9.82. The van der Waals surface area contributed by atoms with Crippen LogP contribution in [0.5, 0.6) is 5.88 Å². The highest BCUT2D eigenvalue weighted by molar-refractivity contribution is 6.33. The number of aromatic nitrogens is 2. The molecule has 7 heteroatoms. The summed E-state index contributed by atoms with van der Waals surface area (Å²) in [7, 11) is 0. The Morgan fingerprint density at radius 1 is 1.03 bits per heavy atom. The largest absolute Gasteiger partial charge is 0.460 e. The van der Waals surface area contributed by atoms with Crippen molar-refractivity contribution in [2.24, 2.45) is 5.73 Å². The lowest BCUT2D eigenvalue weighted by Crippen LogP contribution is -2.20. The Balaban J connectivity index is 1.68.